The highest BCUT2D eigenvalue weighted by atomic mass is 32.1. The predicted molar refractivity (Wildman–Crippen MR) is 149 cm³/mol. The highest BCUT2D eigenvalue weighted by Crippen LogP contribution is 2.34. The van der Waals surface area contributed by atoms with Crippen LogP contribution in [0.2, 0.25) is 0 Å². The largest absolute Gasteiger partial charge is 0.497 e. The molecule has 4 aromatic rings. The lowest BCUT2D eigenvalue weighted by atomic mass is 9.95. The number of esters is 1. The lowest BCUT2D eigenvalue weighted by Crippen LogP contribution is -2.39. The first-order valence-electron chi connectivity index (χ1n) is 12.4. The molecule has 1 atom stereocenters. The second-order valence-electron chi connectivity index (χ2n) is 9.06. The van der Waals surface area contributed by atoms with Crippen LogP contribution in [-0.2, 0) is 9.53 Å². The Morgan fingerprint density at radius 3 is 2.60 bits per heavy atom. The number of benzene rings is 2. The first-order valence-corrected chi connectivity index (χ1v) is 13.2. The maximum absolute atomic E-state index is 13.8. The van der Waals surface area contributed by atoms with Gasteiger partial charge >= 0.3 is 5.97 Å². The Morgan fingerprint density at radius 2 is 1.93 bits per heavy atom. The van der Waals surface area contributed by atoms with E-state index in [0.29, 0.717) is 32.1 Å². The molecule has 0 saturated carbocycles. The molecule has 0 saturated heterocycles. The predicted octanol–water partition coefficient (Wildman–Crippen LogP) is 4.28. The number of aromatic nitrogens is 1. The molecule has 2 aromatic carbocycles. The quantitative estimate of drug-likeness (QED) is 0.188. The third-order valence-corrected chi connectivity index (χ3v) is 7.46. The number of thiazole rings is 1. The van der Waals surface area contributed by atoms with Crippen molar-refractivity contribution in [3.05, 3.63) is 113 Å². The number of carbonyl (C=O) groups excluding carboxylic acids is 1. The number of ether oxygens (including phenoxy) is 2. The summed E-state index contributed by atoms with van der Waals surface area (Å²) < 4.78 is 18.2. The maximum Gasteiger partial charge on any atom is 0.338 e. The molecule has 2 aromatic heterocycles. The van der Waals surface area contributed by atoms with Gasteiger partial charge in [-0.3, -0.25) is 19.5 Å². The van der Waals surface area contributed by atoms with Crippen LogP contribution in [0.3, 0.4) is 0 Å². The molecule has 204 valence electrons. The first-order chi connectivity index (χ1) is 19.2. The lowest BCUT2D eigenvalue weighted by molar-refractivity contribution is -0.384. The van der Waals surface area contributed by atoms with Gasteiger partial charge in [0.2, 0.25) is 0 Å². The van der Waals surface area contributed by atoms with E-state index in [1.165, 1.54) is 17.7 Å². The van der Waals surface area contributed by atoms with Crippen molar-refractivity contribution in [1.82, 2.24) is 4.57 Å². The van der Waals surface area contributed by atoms with Gasteiger partial charge in [-0.05, 0) is 50.6 Å². The monoisotopic (exact) mass is 559 g/mol. The van der Waals surface area contributed by atoms with Gasteiger partial charge in [-0.15, -0.1) is 0 Å². The molecule has 0 spiro atoms. The van der Waals surface area contributed by atoms with Crippen LogP contribution < -0.4 is 19.6 Å². The number of carbonyl (C=O) groups is 1. The molecule has 1 aliphatic rings. The van der Waals surface area contributed by atoms with E-state index in [1.54, 1.807) is 44.2 Å². The number of hydrogen-bond acceptors (Lipinski definition) is 9. The second kappa shape index (κ2) is 10.8. The fourth-order valence-electron chi connectivity index (χ4n) is 4.56. The molecule has 40 heavy (non-hydrogen) atoms. The van der Waals surface area contributed by atoms with Crippen molar-refractivity contribution in [3.63, 3.8) is 0 Å². The van der Waals surface area contributed by atoms with Crippen molar-refractivity contribution in [1.29, 1.82) is 0 Å². The van der Waals surface area contributed by atoms with Crippen molar-refractivity contribution < 1.29 is 23.6 Å². The van der Waals surface area contributed by atoms with Gasteiger partial charge in [0.15, 0.2) is 4.80 Å². The van der Waals surface area contributed by atoms with E-state index >= 15 is 0 Å². The van der Waals surface area contributed by atoms with Gasteiger partial charge in [0.05, 0.1) is 52.1 Å². The number of hydrogen-bond donors (Lipinski definition) is 0. The van der Waals surface area contributed by atoms with Crippen LogP contribution in [0.5, 0.6) is 5.75 Å². The highest BCUT2D eigenvalue weighted by molar-refractivity contribution is 7.07. The zero-order valence-corrected chi connectivity index (χ0v) is 23.0. The van der Waals surface area contributed by atoms with Crippen LogP contribution in [0.4, 0.5) is 5.69 Å². The fourth-order valence-corrected chi connectivity index (χ4v) is 5.58. The van der Waals surface area contributed by atoms with Crippen LogP contribution in [0, 0.1) is 17.0 Å². The Bertz CT molecular complexity index is 1850. The number of nitrogens with zero attached hydrogens (tertiary/aromatic N) is 3. The standard InChI is InChI=1S/C29H25N3O7S/c1-5-38-28(34)25-17(3)30-29-31(26(25)18-8-6-16(2)7-9-18)27(33)24(40-29)15-20-11-13-23(39-20)21-12-10-19(37-4)14-22(21)32(35)36/h6-15,26H,5H2,1-4H3/b24-15-/t26-/m0/s1. The molecule has 10 nitrogen and oxygen atoms in total. The smallest absolute Gasteiger partial charge is 0.338 e. The molecule has 1 aliphatic heterocycles. The minimum atomic E-state index is -0.716. The van der Waals surface area contributed by atoms with Crippen LogP contribution >= 0.6 is 11.3 Å². The summed E-state index contributed by atoms with van der Waals surface area (Å²) in [5, 5.41) is 11.6. The van der Waals surface area contributed by atoms with Gasteiger partial charge < -0.3 is 13.9 Å². The molecular formula is C29H25N3O7S. The number of methoxy groups -OCH3 is 1. The summed E-state index contributed by atoms with van der Waals surface area (Å²) in [6.07, 6.45) is 1.57. The molecule has 0 radical (unpaired) electrons. The van der Waals surface area contributed by atoms with Gasteiger partial charge in [-0.1, -0.05) is 41.2 Å². The summed E-state index contributed by atoms with van der Waals surface area (Å²) in [7, 11) is 1.43. The van der Waals surface area contributed by atoms with Crippen molar-refractivity contribution in [3.8, 4) is 17.1 Å². The second-order valence-corrected chi connectivity index (χ2v) is 10.1. The van der Waals surface area contributed by atoms with Crippen molar-refractivity contribution in [2.75, 3.05) is 13.7 Å². The van der Waals surface area contributed by atoms with Crippen molar-refractivity contribution in [2.24, 2.45) is 4.99 Å². The summed E-state index contributed by atoms with van der Waals surface area (Å²) in [5.41, 5.74) is 2.33. The van der Waals surface area contributed by atoms with E-state index in [-0.39, 0.29) is 29.2 Å². The third kappa shape index (κ3) is 4.87. The lowest BCUT2D eigenvalue weighted by Gasteiger charge is -2.24. The molecule has 0 aliphatic carbocycles. The summed E-state index contributed by atoms with van der Waals surface area (Å²) in [6.45, 7) is 5.60. The molecule has 0 fully saturated rings. The number of nitro benzene ring substituents is 1. The molecule has 0 bridgehead atoms. The molecule has 11 heteroatoms. The van der Waals surface area contributed by atoms with Crippen LogP contribution in [0.25, 0.3) is 17.4 Å². The summed E-state index contributed by atoms with van der Waals surface area (Å²) in [5.74, 6) is 0.425. The zero-order valence-electron chi connectivity index (χ0n) is 22.2. The summed E-state index contributed by atoms with van der Waals surface area (Å²) in [4.78, 5) is 42.9. The Kier molecular flexibility index (Phi) is 7.22. The number of allylic oxidation sites excluding steroid dienone is 1. The molecule has 3 heterocycles. The number of furan rings is 1. The topological polar surface area (TPSA) is 126 Å². The van der Waals surface area contributed by atoms with Crippen LogP contribution in [0.15, 0.2) is 80.1 Å². The van der Waals surface area contributed by atoms with E-state index in [0.717, 1.165) is 22.5 Å². The van der Waals surface area contributed by atoms with Gasteiger partial charge in [-0.25, -0.2) is 9.79 Å². The van der Waals surface area contributed by atoms with Gasteiger partial charge in [-0.2, -0.15) is 0 Å². The number of aryl methyl sites for hydroxylation is 1. The third-order valence-electron chi connectivity index (χ3n) is 6.48. The summed E-state index contributed by atoms with van der Waals surface area (Å²) >= 11 is 1.16. The van der Waals surface area contributed by atoms with E-state index in [4.69, 9.17) is 13.9 Å². The van der Waals surface area contributed by atoms with Crippen LogP contribution in [0.1, 0.15) is 36.8 Å². The number of rotatable bonds is 7. The van der Waals surface area contributed by atoms with E-state index < -0.39 is 16.9 Å². The van der Waals surface area contributed by atoms with E-state index in [1.807, 2.05) is 31.2 Å². The van der Waals surface area contributed by atoms with Crippen molar-refractivity contribution >= 4 is 29.1 Å². The number of nitro groups is 1. The molecule has 0 N–H and O–H groups in total. The Balaban J connectivity index is 1.62. The Labute approximate surface area is 232 Å². The minimum absolute atomic E-state index is 0.167. The van der Waals surface area contributed by atoms with Gasteiger partial charge in [0, 0.05) is 6.08 Å². The SMILES string of the molecule is CCOC(=O)C1=C(C)N=c2s/c(=C\c3ccc(-c4ccc(OC)cc4[N+](=O)[O-])o3)c(=O)n2[C@H]1c1ccc(C)cc1. The first kappa shape index (κ1) is 26.8. The van der Waals surface area contributed by atoms with E-state index in [2.05, 4.69) is 4.99 Å². The fraction of sp³-hybridized carbons (Fsp3) is 0.207. The Morgan fingerprint density at radius 1 is 1.18 bits per heavy atom. The highest BCUT2D eigenvalue weighted by Gasteiger charge is 2.33. The average Bonchev–Trinajstić information content (AvgIpc) is 3.52. The van der Waals surface area contributed by atoms with Gasteiger partial charge in [0.1, 0.15) is 17.3 Å². The van der Waals surface area contributed by atoms with Crippen LogP contribution in [-0.4, -0.2) is 29.2 Å². The minimum Gasteiger partial charge on any atom is -0.497 e. The molecular weight excluding hydrogens is 534 g/mol. The average molecular weight is 560 g/mol. The molecule has 0 unspecified atom stereocenters. The zero-order chi connectivity index (χ0) is 28.6. The summed E-state index contributed by atoms with van der Waals surface area (Å²) in [6, 6.07) is 14.6. The maximum atomic E-state index is 13.8. The normalized spacial score (nSPS) is 15.0. The molecule has 0 amide bonds. The van der Waals surface area contributed by atoms with E-state index in [9.17, 15) is 19.7 Å². The van der Waals surface area contributed by atoms with Crippen molar-refractivity contribution in [2.45, 2.75) is 26.8 Å². The number of fused-ring (bicyclic) bond motifs is 1. The Hall–Kier alpha value is -4.77. The molecule has 5 rings (SSSR count). The van der Waals surface area contributed by atoms with Gasteiger partial charge in [0.25, 0.3) is 11.2 Å².